The Kier molecular flexibility index (Phi) is 8.02. The van der Waals surface area contributed by atoms with Crippen molar-refractivity contribution >= 4 is 58.1 Å². The third-order valence-corrected chi connectivity index (χ3v) is 7.69. The van der Waals surface area contributed by atoms with E-state index in [1.807, 2.05) is 30.5 Å². The number of nitriles is 1. The Morgan fingerprint density at radius 1 is 1.05 bits per heavy atom. The molecule has 2 aliphatic heterocycles. The van der Waals surface area contributed by atoms with Gasteiger partial charge in [-0.05, 0) is 78.8 Å². The fraction of sp³-hybridized carbons (Fsp3) is 0.226. The van der Waals surface area contributed by atoms with E-state index in [-0.39, 0.29) is 17.9 Å². The van der Waals surface area contributed by atoms with Crippen LogP contribution in [0.5, 0.6) is 0 Å². The molecule has 3 amide bonds. The number of urea groups is 1. The van der Waals surface area contributed by atoms with Crippen LogP contribution in [0, 0.1) is 17.2 Å². The molecule has 0 unspecified atom stereocenters. The molecule has 0 radical (unpaired) electrons. The van der Waals surface area contributed by atoms with Crippen LogP contribution in [0.3, 0.4) is 0 Å². The van der Waals surface area contributed by atoms with Gasteiger partial charge < -0.3 is 26.2 Å². The minimum atomic E-state index is -0.239. The summed E-state index contributed by atoms with van der Waals surface area (Å²) in [5.41, 5.74) is 5.29. The number of carbonyl (C=O) groups is 2. The van der Waals surface area contributed by atoms with Crippen LogP contribution in [0.15, 0.2) is 67.1 Å². The molecular formula is C31H28ClN9O2. The van der Waals surface area contributed by atoms with Crippen LogP contribution in [0.2, 0.25) is 5.02 Å². The van der Waals surface area contributed by atoms with Crippen molar-refractivity contribution in [3.05, 3.63) is 88.8 Å². The summed E-state index contributed by atoms with van der Waals surface area (Å²) in [6.07, 6.45) is 7.46. The molecule has 0 spiro atoms. The largest absolute Gasteiger partial charge is 0.339 e. The molecular weight excluding hydrogens is 566 g/mol. The summed E-state index contributed by atoms with van der Waals surface area (Å²) in [6.45, 7) is 1.04. The fourth-order valence-corrected chi connectivity index (χ4v) is 5.41. The minimum absolute atomic E-state index is 0.0395. The van der Waals surface area contributed by atoms with E-state index in [9.17, 15) is 9.59 Å². The number of likely N-dealkylation sites (tertiary alicyclic amines) is 1. The highest BCUT2D eigenvalue weighted by molar-refractivity contribution is 6.32. The SMILES string of the molecule is N#Cc1cccc(NC(=O)N2CC[C@@H](CC(=O)Nc3ccc4cc3CCc3cncc(c3)Nc3ncc(Cl)c(n3)N4)C2)c1. The molecule has 2 aromatic carbocycles. The summed E-state index contributed by atoms with van der Waals surface area (Å²) in [5, 5.41) is 21.9. The van der Waals surface area contributed by atoms with E-state index in [4.69, 9.17) is 16.9 Å². The van der Waals surface area contributed by atoms with Gasteiger partial charge in [0.2, 0.25) is 11.9 Å². The summed E-state index contributed by atoms with van der Waals surface area (Å²) in [7, 11) is 0. The Morgan fingerprint density at radius 2 is 1.95 bits per heavy atom. The quantitative estimate of drug-likeness (QED) is 0.230. The van der Waals surface area contributed by atoms with Gasteiger partial charge >= 0.3 is 6.03 Å². The number of aryl methyl sites for hydroxylation is 2. The normalized spacial score (nSPS) is 15.4. The molecule has 4 aromatic rings. The number of nitrogens with zero attached hydrogens (tertiary/aromatic N) is 5. The maximum absolute atomic E-state index is 13.2. The van der Waals surface area contributed by atoms with Crippen molar-refractivity contribution < 1.29 is 9.59 Å². The zero-order chi connectivity index (χ0) is 29.8. The van der Waals surface area contributed by atoms with E-state index in [2.05, 4.69) is 42.3 Å². The third-order valence-electron chi connectivity index (χ3n) is 7.41. The zero-order valence-electron chi connectivity index (χ0n) is 23.1. The van der Waals surface area contributed by atoms with E-state index >= 15 is 0 Å². The zero-order valence-corrected chi connectivity index (χ0v) is 23.9. The highest BCUT2D eigenvalue weighted by Gasteiger charge is 2.28. The Bertz CT molecular complexity index is 1740. The number of hydrogen-bond acceptors (Lipinski definition) is 8. The number of pyridine rings is 1. The van der Waals surface area contributed by atoms with Gasteiger partial charge in [-0.15, -0.1) is 0 Å². The summed E-state index contributed by atoms with van der Waals surface area (Å²) in [5.74, 6) is 0.783. The van der Waals surface area contributed by atoms with E-state index in [0.29, 0.717) is 60.4 Å². The minimum Gasteiger partial charge on any atom is -0.339 e. The van der Waals surface area contributed by atoms with Gasteiger partial charge in [-0.1, -0.05) is 17.7 Å². The molecule has 12 heteroatoms. The molecule has 216 valence electrons. The number of nitrogens with one attached hydrogen (secondary N) is 4. The van der Waals surface area contributed by atoms with Crippen molar-refractivity contribution in [1.82, 2.24) is 19.9 Å². The number of carbonyl (C=O) groups excluding carboxylic acids is 2. The summed E-state index contributed by atoms with van der Waals surface area (Å²) >= 11 is 6.37. The Hall–Kier alpha value is -5.21. The fourth-order valence-electron chi connectivity index (χ4n) is 5.27. The Balaban J connectivity index is 1.13. The molecule has 6 bridgehead atoms. The first kappa shape index (κ1) is 27.9. The molecule has 4 heterocycles. The van der Waals surface area contributed by atoms with E-state index in [1.165, 1.54) is 6.20 Å². The number of rotatable bonds is 4. The summed E-state index contributed by atoms with van der Waals surface area (Å²) in [4.78, 5) is 40.8. The molecule has 1 atom stereocenters. The van der Waals surface area contributed by atoms with Crippen LogP contribution in [-0.2, 0) is 17.6 Å². The average Bonchev–Trinajstić information content (AvgIpc) is 3.47. The van der Waals surface area contributed by atoms with Gasteiger partial charge in [0.1, 0.15) is 5.02 Å². The van der Waals surface area contributed by atoms with Gasteiger partial charge in [0.05, 0.1) is 29.7 Å². The first-order valence-electron chi connectivity index (χ1n) is 13.9. The van der Waals surface area contributed by atoms with Gasteiger partial charge in [-0.25, -0.2) is 9.78 Å². The average molecular weight is 594 g/mol. The number of anilines is 6. The second-order valence-electron chi connectivity index (χ2n) is 10.6. The highest BCUT2D eigenvalue weighted by atomic mass is 35.5. The molecule has 0 saturated carbocycles. The van der Waals surface area contributed by atoms with Crippen molar-refractivity contribution in [1.29, 1.82) is 5.26 Å². The van der Waals surface area contributed by atoms with Crippen LogP contribution in [0.1, 0.15) is 29.5 Å². The Morgan fingerprint density at radius 3 is 2.84 bits per heavy atom. The van der Waals surface area contributed by atoms with Gasteiger partial charge in [-0.2, -0.15) is 10.2 Å². The maximum atomic E-state index is 13.2. The van der Waals surface area contributed by atoms with Crippen molar-refractivity contribution in [3.8, 4) is 6.07 Å². The summed E-state index contributed by atoms with van der Waals surface area (Å²) < 4.78 is 0. The smallest absolute Gasteiger partial charge is 0.321 e. The van der Waals surface area contributed by atoms with Crippen LogP contribution in [0.25, 0.3) is 0 Å². The molecule has 0 aliphatic carbocycles. The topological polar surface area (TPSA) is 148 Å². The summed E-state index contributed by atoms with van der Waals surface area (Å²) in [6, 6.07) is 16.4. The van der Waals surface area contributed by atoms with E-state index in [1.54, 1.807) is 35.4 Å². The third kappa shape index (κ3) is 6.82. The second-order valence-corrected chi connectivity index (χ2v) is 11.0. The number of fused-ring (bicyclic) bond motifs is 6. The predicted octanol–water partition coefficient (Wildman–Crippen LogP) is 5.87. The number of hydrogen-bond donors (Lipinski definition) is 4. The van der Waals surface area contributed by atoms with Crippen molar-refractivity contribution in [2.24, 2.45) is 5.92 Å². The van der Waals surface area contributed by atoms with E-state index in [0.717, 1.165) is 34.6 Å². The first-order valence-corrected chi connectivity index (χ1v) is 14.3. The van der Waals surface area contributed by atoms with Crippen molar-refractivity contribution in [3.63, 3.8) is 0 Å². The maximum Gasteiger partial charge on any atom is 0.321 e. The second kappa shape index (κ2) is 12.3. The monoisotopic (exact) mass is 593 g/mol. The van der Waals surface area contributed by atoms with Crippen LogP contribution >= 0.6 is 11.6 Å². The van der Waals surface area contributed by atoms with Crippen molar-refractivity contribution in [2.75, 3.05) is 34.4 Å². The predicted molar refractivity (Wildman–Crippen MR) is 165 cm³/mol. The standard InChI is InChI=1S/C31H28ClN9O2/c32-26-17-35-30-37-25-11-20(15-34-16-25)4-5-22-13-24(36-29(26)40-30)6-7-27(22)39-28(42)12-21-8-9-41(18-21)31(43)38-23-3-1-2-19(10-23)14-33/h1-3,6-7,10-11,13,15-17,21H,4-5,8-9,12,18H2,(H,38,43)(H,39,42)(H2,35,36,37,40)/t21-/m0/s1. The number of amides is 3. The molecule has 43 heavy (non-hydrogen) atoms. The Labute approximate surface area is 253 Å². The van der Waals surface area contributed by atoms with Gasteiger partial charge in [0.15, 0.2) is 5.82 Å². The number of halogens is 1. The van der Waals surface area contributed by atoms with Crippen molar-refractivity contribution in [2.45, 2.75) is 25.7 Å². The van der Waals surface area contributed by atoms with E-state index < -0.39 is 0 Å². The molecule has 1 saturated heterocycles. The lowest BCUT2D eigenvalue weighted by atomic mass is 10.0. The molecule has 4 N–H and O–H groups in total. The first-order chi connectivity index (χ1) is 20.9. The highest BCUT2D eigenvalue weighted by Crippen LogP contribution is 2.30. The van der Waals surface area contributed by atoms with Gasteiger partial charge in [-0.3, -0.25) is 9.78 Å². The molecule has 6 rings (SSSR count). The molecule has 1 fully saturated rings. The van der Waals surface area contributed by atoms with Crippen LogP contribution in [-0.4, -0.2) is 44.9 Å². The molecule has 2 aliphatic rings. The van der Waals surface area contributed by atoms with Gasteiger partial charge in [0.25, 0.3) is 0 Å². The molecule has 11 nitrogen and oxygen atoms in total. The molecule has 2 aromatic heterocycles. The lowest BCUT2D eigenvalue weighted by molar-refractivity contribution is -0.117. The lowest BCUT2D eigenvalue weighted by Crippen LogP contribution is -2.33. The van der Waals surface area contributed by atoms with Crippen LogP contribution in [0.4, 0.5) is 39.3 Å². The van der Waals surface area contributed by atoms with Crippen LogP contribution < -0.4 is 21.3 Å². The number of benzene rings is 2. The van der Waals surface area contributed by atoms with Gasteiger partial charge in [0, 0.05) is 42.8 Å². The number of aromatic nitrogens is 3. The lowest BCUT2D eigenvalue weighted by Gasteiger charge is -2.18.